The van der Waals surface area contributed by atoms with E-state index in [-0.39, 0.29) is 11.4 Å². The maximum Gasteiger partial charge on any atom is 0.338 e. The highest BCUT2D eigenvalue weighted by Gasteiger charge is 2.14. The summed E-state index contributed by atoms with van der Waals surface area (Å²) in [6, 6.07) is 14.0. The van der Waals surface area contributed by atoms with Gasteiger partial charge in [0.2, 0.25) is 5.43 Å². The van der Waals surface area contributed by atoms with Crippen molar-refractivity contribution in [3.63, 3.8) is 0 Å². The number of carbonyl (C=O) groups is 1. The molecule has 0 atom stereocenters. The lowest BCUT2D eigenvalue weighted by Gasteiger charge is -2.07. The third-order valence-electron chi connectivity index (χ3n) is 3.40. The Kier molecular flexibility index (Phi) is 4.47. The van der Waals surface area contributed by atoms with Crippen LogP contribution in [-0.4, -0.2) is 12.6 Å². The van der Waals surface area contributed by atoms with Crippen molar-refractivity contribution in [2.45, 2.75) is 6.92 Å². The molecule has 0 bridgehead atoms. The highest BCUT2D eigenvalue weighted by atomic mass is 127. The summed E-state index contributed by atoms with van der Waals surface area (Å²) in [6.07, 6.45) is 0. The lowest BCUT2D eigenvalue weighted by Crippen LogP contribution is -2.07. The van der Waals surface area contributed by atoms with Crippen LogP contribution in [0.1, 0.15) is 17.3 Å². The van der Waals surface area contributed by atoms with Crippen LogP contribution >= 0.6 is 22.6 Å². The van der Waals surface area contributed by atoms with E-state index in [9.17, 15) is 9.59 Å². The van der Waals surface area contributed by atoms with Crippen LogP contribution in [0, 0.1) is 3.57 Å². The minimum Gasteiger partial charge on any atom is -0.462 e. The molecule has 0 N–H and O–H groups in total. The van der Waals surface area contributed by atoms with Crippen LogP contribution in [0.15, 0.2) is 57.7 Å². The molecule has 0 spiro atoms. The topological polar surface area (TPSA) is 56.5 Å². The van der Waals surface area contributed by atoms with Gasteiger partial charge in [-0.05, 0) is 53.8 Å². The van der Waals surface area contributed by atoms with Gasteiger partial charge in [-0.15, -0.1) is 0 Å². The Balaban J connectivity index is 2.08. The Bertz CT molecular complexity index is 926. The van der Waals surface area contributed by atoms with E-state index in [4.69, 9.17) is 9.15 Å². The van der Waals surface area contributed by atoms with Crippen molar-refractivity contribution in [2.24, 2.45) is 0 Å². The van der Waals surface area contributed by atoms with E-state index in [1.54, 1.807) is 43.3 Å². The van der Waals surface area contributed by atoms with Crippen LogP contribution in [0.2, 0.25) is 0 Å². The fourth-order valence-corrected chi connectivity index (χ4v) is 2.99. The number of benzene rings is 2. The smallest absolute Gasteiger partial charge is 0.338 e. The van der Waals surface area contributed by atoms with Gasteiger partial charge in [-0.1, -0.05) is 24.3 Å². The van der Waals surface area contributed by atoms with Gasteiger partial charge in [-0.25, -0.2) is 4.79 Å². The zero-order valence-corrected chi connectivity index (χ0v) is 14.5. The van der Waals surface area contributed by atoms with E-state index in [1.165, 1.54) is 0 Å². The second-order valence-electron chi connectivity index (χ2n) is 4.87. The summed E-state index contributed by atoms with van der Waals surface area (Å²) in [4.78, 5) is 24.1. The molecule has 116 valence electrons. The van der Waals surface area contributed by atoms with Gasteiger partial charge < -0.3 is 9.15 Å². The van der Waals surface area contributed by atoms with Crippen LogP contribution in [0.4, 0.5) is 0 Å². The number of ether oxygens (including phenoxy) is 1. The van der Waals surface area contributed by atoms with Gasteiger partial charge in [0.15, 0.2) is 5.76 Å². The predicted molar refractivity (Wildman–Crippen MR) is 96.6 cm³/mol. The van der Waals surface area contributed by atoms with Gasteiger partial charge in [0.1, 0.15) is 9.15 Å². The first-order valence-corrected chi connectivity index (χ1v) is 8.18. The molecule has 0 aliphatic rings. The Morgan fingerprint density at radius 1 is 1.13 bits per heavy atom. The van der Waals surface area contributed by atoms with Gasteiger partial charge in [0.25, 0.3) is 0 Å². The third-order valence-corrected chi connectivity index (χ3v) is 4.38. The highest BCUT2D eigenvalue weighted by molar-refractivity contribution is 14.1. The molecule has 4 nitrogen and oxygen atoms in total. The van der Waals surface area contributed by atoms with E-state index >= 15 is 0 Å². The summed E-state index contributed by atoms with van der Waals surface area (Å²) in [5.41, 5.74) is 1.69. The summed E-state index contributed by atoms with van der Waals surface area (Å²) in [5, 5.41) is 0.559. The molecule has 1 heterocycles. The number of hydrogen-bond donors (Lipinski definition) is 0. The molecule has 3 rings (SSSR count). The average Bonchev–Trinajstić information content (AvgIpc) is 2.58. The molecule has 0 fully saturated rings. The molecule has 0 aliphatic carbocycles. The monoisotopic (exact) mass is 420 g/mol. The Labute approximate surface area is 146 Å². The summed E-state index contributed by atoms with van der Waals surface area (Å²) in [7, 11) is 0. The van der Waals surface area contributed by atoms with E-state index < -0.39 is 0 Å². The molecular weight excluding hydrogens is 407 g/mol. The maximum atomic E-state index is 12.4. The summed E-state index contributed by atoms with van der Waals surface area (Å²) in [6.45, 7) is 2.09. The van der Waals surface area contributed by atoms with Crippen LogP contribution in [0.3, 0.4) is 0 Å². The normalized spacial score (nSPS) is 10.7. The number of para-hydroxylation sites is 1. The van der Waals surface area contributed by atoms with Gasteiger partial charge in [-0.2, -0.15) is 0 Å². The lowest BCUT2D eigenvalue weighted by molar-refractivity contribution is 0.0526. The van der Waals surface area contributed by atoms with Gasteiger partial charge in [0.05, 0.1) is 17.6 Å². The molecule has 23 heavy (non-hydrogen) atoms. The number of fused-ring (bicyclic) bond motifs is 1. The quantitative estimate of drug-likeness (QED) is 0.470. The van der Waals surface area contributed by atoms with E-state index in [0.29, 0.717) is 32.5 Å². The van der Waals surface area contributed by atoms with Crippen molar-refractivity contribution >= 4 is 39.5 Å². The molecule has 2 aromatic carbocycles. The highest BCUT2D eigenvalue weighted by Crippen LogP contribution is 2.27. The van der Waals surface area contributed by atoms with Gasteiger partial charge in [-0.3, -0.25) is 4.79 Å². The second kappa shape index (κ2) is 6.54. The second-order valence-corrected chi connectivity index (χ2v) is 5.95. The molecule has 0 amide bonds. The zero-order valence-electron chi connectivity index (χ0n) is 12.3. The molecule has 0 saturated carbocycles. The zero-order chi connectivity index (χ0) is 16.4. The number of hydrogen-bond acceptors (Lipinski definition) is 4. The first-order chi connectivity index (χ1) is 11.1. The molecule has 0 unspecified atom stereocenters. The average molecular weight is 420 g/mol. The van der Waals surface area contributed by atoms with Crippen molar-refractivity contribution < 1.29 is 13.9 Å². The summed E-state index contributed by atoms with van der Waals surface area (Å²) < 4.78 is 11.4. The third kappa shape index (κ3) is 3.01. The largest absolute Gasteiger partial charge is 0.462 e. The molecule has 3 aromatic rings. The van der Waals surface area contributed by atoms with E-state index in [1.807, 2.05) is 34.7 Å². The van der Waals surface area contributed by atoms with Crippen molar-refractivity contribution in [1.82, 2.24) is 0 Å². The number of carbonyl (C=O) groups excluding carboxylic acids is 1. The van der Waals surface area contributed by atoms with Crippen molar-refractivity contribution in [3.05, 3.63) is 67.9 Å². The van der Waals surface area contributed by atoms with E-state index in [2.05, 4.69) is 0 Å². The van der Waals surface area contributed by atoms with Crippen molar-refractivity contribution in [1.29, 1.82) is 0 Å². The van der Waals surface area contributed by atoms with E-state index in [0.717, 1.165) is 5.56 Å². The molecule has 0 radical (unpaired) electrons. The Morgan fingerprint density at radius 2 is 1.83 bits per heavy atom. The van der Waals surface area contributed by atoms with Crippen LogP contribution in [-0.2, 0) is 4.74 Å². The number of halogens is 1. The minimum absolute atomic E-state index is 0.0584. The predicted octanol–water partition coefficient (Wildman–Crippen LogP) is 4.24. The lowest BCUT2D eigenvalue weighted by atomic mass is 10.1. The minimum atomic E-state index is -0.367. The first kappa shape index (κ1) is 15.7. The van der Waals surface area contributed by atoms with Crippen LogP contribution in [0.5, 0.6) is 0 Å². The number of esters is 1. The van der Waals surface area contributed by atoms with Crippen molar-refractivity contribution in [3.8, 4) is 11.3 Å². The maximum absolute atomic E-state index is 12.4. The van der Waals surface area contributed by atoms with Crippen LogP contribution < -0.4 is 5.43 Å². The fraction of sp³-hybridized carbons (Fsp3) is 0.111. The SMILES string of the molecule is CCOC(=O)c1ccc(-c2oc3ccccc3c(=O)c2I)cc1. The number of rotatable bonds is 3. The van der Waals surface area contributed by atoms with Crippen molar-refractivity contribution in [2.75, 3.05) is 6.61 Å². The van der Waals surface area contributed by atoms with Crippen LogP contribution in [0.25, 0.3) is 22.3 Å². The Hall–Kier alpha value is -2.15. The fourth-order valence-electron chi connectivity index (χ4n) is 2.28. The first-order valence-electron chi connectivity index (χ1n) is 7.10. The molecule has 1 aromatic heterocycles. The molecule has 0 aliphatic heterocycles. The molecule has 5 heteroatoms. The van der Waals surface area contributed by atoms with Gasteiger partial charge in [0, 0.05) is 5.56 Å². The Morgan fingerprint density at radius 3 is 2.52 bits per heavy atom. The summed E-state index contributed by atoms with van der Waals surface area (Å²) >= 11 is 1.99. The molecule has 0 saturated heterocycles. The molecular formula is C18H13IO4. The standard InChI is InChI=1S/C18H13IO4/c1-2-22-18(21)12-9-7-11(8-10-12)17-15(19)16(20)13-5-3-4-6-14(13)23-17/h3-10H,2H2,1H3. The summed E-state index contributed by atoms with van der Waals surface area (Å²) in [5.74, 6) is 0.137. The van der Waals surface area contributed by atoms with Gasteiger partial charge >= 0.3 is 5.97 Å².